The van der Waals surface area contributed by atoms with Crippen LogP contribution in [0.5, 0.6) is 0 Å². The molecule has 0 amide bonds. The highest BCUT2D eigenvalue weighted by molar-refractivity contribution is 5.80. The van der Waals surface area contributed by atoms with E-state index < -0.39 is 5.54 Å². The maximum absolute atomic E-state index is 12.1. The summed E-state index contributed by atoms with van der Waals surface area (Å²) in [5.41, 5.74) is 6.74. The average molecular weight is 290 g/mol. The second-order valence-electron chi connectivity index (χ2n) is 6.41. The maximum Gasteiger partial charge on any atom is 0.326 e. The van der Waals surface area contributed by atoms with Gasteiger partial charge in [0.2, 0.25) is 0 Å². The normalized spacial score (nSPS) is 18.7. The number of esters is 1. The molecule has 116 valence electrons. The summed E-state index contributed by atoms with van der Waals surface area (Å²) >= 11 is 0. The van der Waals surface area contributed by atoms with Gasteiger partial charge in [-0.25, -0.2) is 0 Å². The topological polar surface area (TPSA) is 55.6 Å². The lowest BCUT2D eigenvalue weighted by Gasteiger charge is -2.37. The Morgan fingerprint density at radius 1 is 1.29 bits per heavy atom. The number of hydrogen-bond acceptors (Lipinski definition) is 4. The van der Waals surface area contributed by atoms with Gasteiger partial charge >= 0.3 is 5.97 Å². The highest BCUT2D eigenvalue weighted by Gasteiger charge is 2.39. The monoisotopic (exact) mass is 290 g/mol. The van der Waals surface area contributed by atoms with Gasteiger partial charge in [0.25, 0.3) is 0 Å². The molecule has 0 spiro atoms. The molecular weight excluding hydrogens is 264 g/mol. The van der Waals surface area contributed by atoms with E-state index in [0.717, 1.165) is 19.6 Å². The fourth-order valence-electron chi connectivity index (χ4n) is 2.54. The molecule has 1 aliphatic rings. The number of nitrogens with two attached hydrogens (primary N) is 1. The molecule has 1 aliphatic heterocycles. The zero-order valence-corrected chi connectivity index (χ0v) is 13.0. The number of ether oxygens (including phenoxy) is 1. The number of hydrogen-bond donors (Lipinski definition) is 1. The SMILES string of the molecule is CC(C)COC(=O)C1(N)CCN(Cc2ccccc2)CC1. The average Bonchev–Trinajstić information content (AvgIpc) is 2.48. The number of nitrogens with zero attached hydrogens (tertiary/aromatic N) is 1. The van der Waals surface area contributed by atoms with Crippen LogP contribution in [0.3, 0.4) is 0 Å². The van der Waals surface area contributed by atoms with Gasteiger partial charge in [-0.2, -0.15) is 0 Å². The summed E-state index contributed by atoms with van der Waals surface area (Å²) in [6.07, 6.45) is 1.33. The lowest BCUT2D eigenvalue weighted by atomic mass is 9.88. The highest BCUT2D eigenvalue weighted by atomic mass is 16.5. The molecule has 0 aromatic heterocycles. The fourth-order valence-corrected chi connectivity index (χ4v) is 2.54. The molecule has 0 radical (unpaired) electrons. The quantitative estimate of drug-likeness (QED) is 0.845. The van der Waals surface area contributed by atoms with Gasteiger partial charge < -0.3 is 10.5 Å². The van der Waals surface area contributed by atoms with E-state index in [1.54, 1.807) is 0 Å². The van der Waals surface area contributed by atoms with Crippen molar-refractivity contribution in [3.05, 3.63) is 35.9 Å². The molecule has 0 bridgehead atoms. The number of benzene rings is 1. The summed E-state index contributed by atoms with van der Waals surface area (Å²) in [4.78, 5) is 14.5. The first kappa shape index (κ1) is 16.0. The van der Waals surface area contributed by atoms with Gasteiger partial charge in [0.05, 0.1) is 6.61 Å². The predicted octanol–water partition coefficient (Wildman–Crippen LogP) is 2.18. The third kappa shape index (κ3) is 4.55. The van der Waals surface area contributed by atoms with Crippen molar-refractivity contribution in [2.75, 3.05) is 19.7 Å². The second kappa shape index (κ2) is 7.05. The maximum atomic E-state index is 12.1. The van der Waals surface area contributed by atoms with Crippen molar-refractivity contribution < 1.29 is 9.53 Å². The minimum absolute atomic E-state index is 0.240. The number of carbonyl (C=O) groups excluding carboxylic acids is 1. The molecule has 0 saturated carbocycles. The van der Waals surface area contributed by atoms with Gasteiger partial charge in [-0.1, -0.05) is 44.2 Å². The molecule has 1 aromatic carbocycles. The van der Waals surface area contributed by atoms with Gasteiger partial charge in [-0.15, -0.1) is 0 Å². The van der Waals surface area contributed by atoms with Gasteiger partial charge in [-0.05, 0) is 24.3 Å². The predicted molar refractivity (Wildman–Crippen MR) is 83.7 cm³/mol. The second-order valence-corrected chi connectivity index (χ2v) is 6.41. The van der Waals surface area contributed by atoms with Crippen LogP contribution >= 0.6 is 0 Å². The van der Waals surface area contributed by atoms with E-state index in [1.807, 2.05) is 19.9 Å². The van der Waals surface area contributed by atoms with E-state index in [1.165, 1.54) is 5.56 Å². The first-order chi connectivity index (χ1) is 9.99. The first-order valence-corrected chi connectivity index (χ1v) is 7.72. The summed E-state index contributed by atoms with van der Waals surface area (Å²) in [5, 5.41) is 0. The van der Waals surface area contributed by atoms with E-state index in [2.05, 4.69) is 29.2 Å². The number of likely N-dealkylation sites (tertiary alicyclic amines) is 1. The lowest BCUT2D eigenvalue weighted by Crippen LogP contribution is -2.56. The Balaban J connectivity index is 1.83. The molecule has 4 nitrogen and oxygen atoms in total. The summed E-state index contributed by atoms with van der Waals surface area (Å²) in [5.74, 6) is 0.103. The minimum atomic E-state index is -0.803. The molecule has 0 unspecified atom stereocenters. The van der Waals surface area contributed by atoms with Crippen LogP contribution in [0, 0.1) is 5.92 Å². The Labute approximate surface area is 127 Å². The lowest BCUT2D eigenvalue weighted by molar-refractivity contribution is -0.153. The fraction of sp³-hybridized carbons (Fsp3) is 0.588. The number of rotatable bonds is 5. The van der Waals surface area contributed by atoms with Crippen LogP contribution in [-0.2, 0) is 16.1 Å². The van der Waals surface area contributed by atoms with Crippen molar-refractivity contribution in [3.63, 3.8) is 0 Å². The molecule has 1 heterocycles. The summed E-state index contributed by atoms with van der Waals surface area (Å²) in [6.45, 7) is 7.09. The third-order valence-corrected chi connectivity index (χ3v) is 3.95. The summed E-state index contributed by atoms with van der Waals surface area (Å²) in [6, 6.07) is 10.4. The molecule has 2 rings (SSSR count). The van der Waals surface area contributed by atoms with Crippen LogP contribution in [0.15, 0.2) is 30.3 Å². The number of piperidine rings is 1. The Kier molecular flexibility index (Phi) is 5.37. The molecule has 1 saturated heterocycles. The first-order valence-electron chi connectivity index (χ1n) is 7.72. The Bertz CT molecular complexity index is 451. The largest absolute Gasteiger partial charge is 0.464 e. The van der Waals surface area contributed by atoms with Crippen molar-refractivity contribution >= 4 is 5.97 Å². The van der Waals surface area contributed by atoms with E-state index >= 15 is 0 Å². The zero-order chi connectivity index (χ0) is 15.3. The van der Waals surface area contributed by atoms with Crippen LogP contribution in [0.4, 0.5) is 0 Å². The van der Waals surface area contributed by atoms with Gasteiger partial charge in [0.1, 0.15) is 5.54 Å². The van der Waals surface area contributed by atoms with Crippen LogP contribution in [0.1, 0.15) is 32.3 Å². The molecule has 21 heavy (non-hydrogen) atoms. The zero-order valence-electron chi connectivity index (χ0n) is 13.0. The molecule has 0 atom stereocenters. The summed E-state index contributed by atoms with van der Waals surface area (Å²) in [7, 11) is 0. The molecule has 0 aliphatic carbocycles. The van der Waals surface area contributed by atoms with Crippen molar-refractivity contribution in [2.45, 2.75) is 38.8 Å². The van der Waals surface area contributed by atoms with Crippen LogP contribution in [0.2, 0.25) is 0 Å². The minimum Gasteiger partial charge on any atom is -0.464 e. The van der Waals surface area contributed by atoms with Gasteiger partial charge in [0, 0.05) is 19.6 Å². The van der Waals surface area contributed by atoms with Crippen molar-refractivity contribution in [3.8, 4) is 0 Å². The standard InChI is InChI=1S/C17H26N2O2/c1-14(2)13-21-16(20)17(18)8-10-19(11-9-17)12-15-6-4-3-5-7-15/h3-7,14H,8-13,18H2,1-2H3. The van der Waals surface area contributed by atoms with Crippen LogP contribution in [-0.4, -0.2) is 36.1 Å². The summed E-state index contributed by atoms with van der Waals surface area (Å²) < 4.78 is 5.32. The van der Waals surface area contributed by atoms with Crippen molar-refractivity contribution in [2.24, 2.45) is 11.7 Å². The molecule has 4 heteroatoms. The smallest absolute Gasteiger partial charge is 0.326 e. The Hall–Kier alpha value is -1.39. The number of carbonyl (C=O) groups is 1. The van der Waals surface area contributed by atoms with Crippen molar-refractivity contribution in [1.29, 1.82) is 0 Å². The van der Waals surface area contributed by atoms with E-state index in [9.17, 15) is 4.79 Å². The van der Waals surface area contributed by atoms with Crippen LogP contribution < -0.4 is 5.73 Å². The Morgan fingerprint density at radius 2 is 1.90 bits per heavy atom. The van der Waals surface area contributed by atoms with Crippen LogP contribution in [0.25, 0.3) is 0 Å². The van der Waals surface area contributed by atoms with E-state index in [-0.39, 0.29) is 5.97 Å². The molecular formula is C17H26N2O2. The van der Waals surface area contributed by atoms with Gasteiger partial charge in [-0.3, -0.25) is 9.69 Å². The highest BCUT2D eigenvalue weighted by Crippen LogP contribution is 2.22. The van der Waals surface area contributed by atoms with E-state index in [4.69, 9.17) is 10.5 Å². The van der Waals surface area contributed by atoms with E-state index in [0.29, 0.717) is 25.4 Å². The van der Waals surface area contributed by atoms with Crippen molar-refractivity contribution in [1.82, 2.24) is 4.90 Å². The molecule has 1 aromatic rings. The van der Waals surface area contributed by atoms with Gasteiger partial charge in [0.15, 0.2) is 0 Å². The molecule has 2 N–H and O–H groups in total. The molecule has 1 fully saturated rings. The third-order valence-electron chi connectivity index (χ3n) is 3.95. The Morgan fingerprint density at radius 3 is 2.48 bits per heavy atom.